The van der Waals surface area contributed by atoms with E-state index in [1.165, 1.54) is 16.5 Å². The van der Waals surface area contributed by atoms with Crippen LogP contribution < -0.4 is 0 Å². The Morgan fingerprint density at radius 1 is 1.32 bits per heavy atom. The van der Waals surface area contributed by atoms with Gasteiger partial charge in [0, 0.05) is 6.20 Å². The van der Waals surface area contributed by atoms with E-state index in [1.807, 2.05) is 12.1 Å². The molecule has 1 aromatic carbocycles. The molecule has 1 aliphatic heterocycles. The van der Waals surface area contributed by atoms with Crippen LogP contribution in [0, 0.1) is 0 Å². The van der Waals surface area contributed by atoms with Crippen molar-refractivity contribution in [3.8, 4) is 0 Å². The Morgan fingerprint density at radius 2 is 2.08 bits per heavy atom. The molecule has 0 aliphatic carbocycles. The number of alkyl halides is 3. The van der Waals surface area contributed by atoms with Gasteiger partial charge >= 0.3 is 6.18 Å². The van der Waals surface area contributed by atoms with Crippen LogP contribution in [0.5, 0.6) is 0 Å². The Labute approximate surface area is 144 Å². The standard InChI is InChI=1S/C16H16F3N3O2S/c1-12-5-4-8-21(24-10-16(17,18)19)15(12)9-25(23)22-11-20-13-6-2-3-7-14(13)22/h2-8,11,15H,9-10H2,1H3/t15?,25-/m1/s1. The molecule has 0 fully saturated rings. The second kappa shape index (κ2) is 7.01. The van der Waals surface area contributed by atoms with E-state index in [1.54, 1.807) is 31.2 Å². The molecular weight excluding hydrogens is 355 g/mol. The quantitative estimate of drug-likeness (QED) is 0.810. The zero-order valence-electron chi connectivity index (χ0n) is 13.3. The van der Waals surface area contributed by atoms with Gasteiger partial charge in [0.1, 0.15) is 17.3 Å². The van der Waals surface area contributed by atoms with Gasteiger partial charge in [0.05, 0.1) is 22.8 Å². The second-order valence-corrected chi connectivity index (χ2v) is 6.93. The number of rotatable bonds is 5. The molecule has 1 aromatic heterocycles. The van der Waals surface area contributed by atoms with Gasteiger partial charge < -0.3 is 0 Å². The van der Waals surface area contributed by atoms with Crippen LogP contribution in [0.2, 0.25) is 0 Å². The number of nitrogens with zero attached hydrogens (tertiary/aromatic N) is 3. The SMILES string of the molecule is CC1=CC=CN(OCC(F)(F)F)C1C[S@@](=O)n1cnc2ccccc21. The van der Waals surface area contributed by atoms with E-state index in [0.29, 0.717) is 11.0 Å². The van der Waals surface area contributed by atoms with Crippen LogP contribution in [0.3, 0.4) is 0 Å². The van der Waals surface area contributed by atoms with Gasteiger partial charge in [-0.2, -0.15) is 13.2 Å². The van der Waals surface area contributed by atoms with Crippen molar-refractivity contribution in [2.24, 2.45) is 0 Å². The van der Waals surface area contributed by atoms with Gasteiger partial charge in [-0.05, 0) is 30.7 Å². The summed E-state index contributed by atoms with van der Waals surface area (Å²) in [4.78, 5) is 9.04. The van der Waals surface area contributed by atoms with Crippen molar-refractivity contribution in [2.45, 2.75) is 19.1 Å². The maximum absolute atomic E-state index is 12.8. The number of benzene rings is 1. The molecule has 0 saturated heterocycles. The van der Waals surface area contributed by atoms with Crippen molar-refractivity contribution in [3.05, 3.63) is 54.5 Å². The van der Waals surface area contributed by atoms with Crippen molar-refractivity contribution in [3.63, 3.8) is 0 Å². The van der Waals surface area contributed by atoms with Gasteiger partial charge in [-0.25, -0.2) is 13.2 Å². The third-order valence-electron chi connectivity index (χ3n) is 3.74. The van der Waals surface area contributed by atoms with E-state index in [-0.39, 0.29) is 5.75 Å². The lowest BCUT2D eigenvalue weighted by Crippen LogP contribution is -2.40. The highest BCUT2D eigenvalue weighted by molar-refractivity contribution is 7.83. The number of aromatic nitrogens is 2. The smallest absolute Gasteiger partial charge is 0.264 e. The molecule has 3 rings (SSSR count). The molecule has 0 amide bonds. The van der Waals surface area contributed by atoms with E-state index in [9.17, 15) is 17.4 Å². The fraction of sp³-hybridized carbons (Fsp3) is 0.312. The van der Waals surface area contributed by atoms with Gasteiger partial charge in [0.25, 0.3) is 0 Å². The Hall–Kier alpha value is -2.13. The number of allylic oxidation sites excluding steroid dienone is 2. The first-order valence-corrected chi connectivity index (χ1v) is 8.77. The highest BCUT2D eigenvalue weighted by Crippen LogP contribution is 2.22. The zero-order chi connectivity index (χ0) is 18.0. The molecule has 134 valence electrons. The first kappa shape index (κ1) is 17.7. The summed E-state index contributed by atoms with van der Waals surface area (Å²) in [5, 5.41) is 1.11. The van der Waals surface area contributed by atoms with Crippen LogP contribution in [0.15, 0.2) is 54.5 Å². The monoisotopic (exact) mass is 371 g/mol. The lowest BCUT2D eigenvalue weighted by molar-refractivity contribution is -0.242. The number of halogens is 3. The normalized spacial score (nSPS) is 19.3. The largest absolute Gasteiger partial charge is 0.414 e. The molecule has 0 N–H and O–H groups in total. The van der Waals surface area contributed by atoms with Crippen molar-refractivity contribution in [1.29, 1.82) is 0 Å². The lowest BCUT2D eigenvalue weighted by atomic mass is 10.1. The number of hydroxylamine groups is 2. The Kier molecular flexibility index (Phi) is 4.96. The Morgan fingerprint density at radius 3 is 2.84 bits per heavy atom. The molecule has 2 heterocycles. The van der Waals surface area contributed by atoms with E-state index in [0.717, 1.165) is 10.6 Å². The summed E-state index contributed by atoms with van der Waals surface area (Å²) in [5.41, 5.74) is 2.18. The predicted molar refractivity (Wildman–Crippen MR) is 88.7 cm³/mol. The summed E-state index contributed by atoms with van der Waals surface area (Å²) in [6, 6.07) is 6.67. The number of hydrogen-bond acceptors (Lipinski definition) is 4. The van der Waals surface area contributed by atoms with E-state index in [2.05, 4.69) is 4.98 Å². The molecule has 9 heteroatoms. The van der Waals surface area contributed by atoms with Crippen LogP contribution in [0.25, 0.3) is 11.0 Å². The molecule has 0 spiro atoms. The zero-order valence-corrected chi connectivity index (χ0v) is 14.1. The summed E-state index contributed by atoms with van der Waals surface area (Å²) in [7, 11) is -1.51. The van der Waals surface area contributed by atoms with Crippen molar-refractivity contribution >= 4 is 22.0 Å². The minimum atomic E-state index is -4.44. The number of fused-ring (bicyclic) bond motifs is 1. The van der Waals surface area contributed by atoms with Gasteiger partial charge in [0.2, 0.25) is 0 Å². The number of imidazole rings is 1. The van der Waals surface area contributed by atoms with Gasteiger partial charge in [-0.3, -0.25) is 9.90 Å². The Balaban J connectivity index is 1.77. The molecule has 0 radical (unpaired) electrons. The van der Waals surface area contributed by atoms with Crippen LogP contribution >= 0.6 is 0 Å². The first-order valence-electron chi connectivity index (χ1n) is 7.49. The maximum Gasteiger partial charge on any atom is 0.414 e. The highest BCUT2D eigenvalue weighted by Gasteiger charge is 2.32. The van der Waals surface area contributed by atoms with Gasteiger partial charge in [0.15, 0.2) is 6.61 Å². The molecule has 0 saturated carbocycles. The van der Waals surface area contributed by atoms with Crippen molar-refractivity contribution < 1.29 is 22.2 Å². The van der Waals surface area contributed by atoms with Crippen molar-refractivity contribution in [2.75, 3.05) is 12.4 Å². The van der Waals surface area contributed by atoms with Gasteiger partial charge in [-0.15, -0.1) is 0 Å². The minimum absolute atomic E-state index is 0.0743. The van der Waals surface area contributed by atoms with Gasteiger partial charge in [-0.1, -0.05) is 18.2 Å². The first-order chi connectivity index (χ1) is 11.8. The molecule has 1 aliphatic rings. The molecule has 2 aromatic rings. The predicted octanol–water partition coefficient (Wildman–Crippen LogP) is 3.19. The summed E-state index contributed by atoms with van der Waals surface area (Å²) < 4.78 is 51.6. The molecule has 25 heavy (non-hydrogen) atoms. The second-order valence-electron chi connectivity index (χ2n) is 5.56. The number of para-hydroxylation sites is 2. The third kappa shape index (κ3) is 4.10. The van der Waals surface area contributed by atoms with Crippen LogP contribution in [-0.4, -0.2) is 42.8 Å². The lowest BCUT2D eigenvalue weighted by Gasteiger charge is -2.32. The molecule has 5 nitrogen and oxygen atoms in total. The topological polar surface area (TPSA) is 47.4 Å². The molecule has 0 bridgehead atoms. The molecule has 2 atom stereocenters. The molecule has 1 unspecified atom stereocenters. The fourth-order valence-corrected chi connectivity index (χ4v) is 3.86. The fourth-order valence-electron chi connectivity index (χ4n) is 2.50. The van der Waals surface area contributed by atoms with E-state index < -0.39 is 29.8 Å². The van der Waals surface area contributed by atoms with Crippen LogP contribution in [0.4, 0.5) is 13.2 Å². The average molecular weight is 371 g/mol. The summed E-state index contributed by atoms with van der Waals surface area (Å²) in [5.74, 6) is 0.0743. The summed E-state index contributed by atoms with van der Waals surface area (Å²) in [6.07, 6.45) is 1.80. The summed E-state index contributed by atoms with van der Waals surface area (Å²) in [6.45, 7) is 0.364. The van der Waals surface area contributed by atoms with E-state index in [4.69, 9.17) is 4.84 Å². The Bertz CT molecular complexity index is 845. The highest BCUT2D eigenvalue weighted by atomic mass is 32.2. The van der Waals surface area contributed by atoms with Crippen molar-refractivity contribution in [1.82, 2.24) is 14.0 Å². The van der Waals surface area contributed by atoms with Crippen LogP contribution in [0.1, 0.15) is 6.92 Å². The van der Waals surface area contributed by atoms with Crippen LogP contribution in [-0.2, 0) is 15.8 Å². The third-order valence-corrected chi connectivity index (χ3v) is 5.07. The minimum Gasteiger partial charge on any atom is -0.264 e. The summed E-state index contributed by atoms with van der Waals surface area (Å²) >= 11 is 0. The maximum atomic E-state index is 12.8. The average Bonchev–Trinajstić information content (AvgIpc) is 2.98. The van der Waals surface area contributed by atoms with E-state index >= 15 is 0 Å². The molecular formula is C16H16F3N3O2S. The number of hydrogen-bond donors (Lipinski definition) is 0.